The fraction of sp³-hybridized carbons (Fsp3) is 0.500. The van der Waals surface area contributed by atoms with Crippen LogP contribution in [-0.2, 0) is 11.2 Å². The zero-order valence-electron chi connectivity index (χ0n) is 7.91. The summed E-state index contributed by atoms with van der Waals surface area (Å²) in [7, 11) is 0. The van der Waals surface area contributed by atoms with E-state index in [-0.39, 0.29) is 0 Å². The highest BCUT2D eigenvalue weighted by atomic mass is 16.6. The van der Waals surface area contributed by atoms with Crippen LogP contribution in [0.4, 0.5) is 0 Å². The monoisotopic (exact) mass is 176 g/mol. The SMILES string of the molecule is c1ccc(CCCC[C@@H]2CO2)cc1. The Balaban J connectivity index is 1.61. The lowest BCUT2D eigenvalue weighted by molar-refractivity contribution is 0.389. The van der Waals surface area contributed by atoms with Crippen LogP contribution in [-0.4, -0.2) is 12.7 Å². The van der Waals surface area contributed by atoms with Crippen molar-refractivity contribution in [1.82, 2.24) is 0 Å². The molecule has 1 saturated heterocycles. The first-order valence-electron chi connectivity index (χ1n) is 5.11. The third-order valence-electron chi connectivity index (χ3n) is 2.49. The van der Waals surface area contributed by atoms with Crippen LogP contribution in [0.3, 0.4) is 0 Å². The first-order chi connectivity index (χ1) is 6.45. The molecule has 0 radical (unpaired) electrons. The third kappa shape index (κ3) is 3.19. The number of ether oxygens (including phenoxy) is 1. The van der Waals surface area contributed by atoms with Gasteiger partial charge in [-0.2, -0.15) is 0 Å². The second kappa shape index (κ2) is 4.43. The van der Waals surface area contributed by atoms with E-state index in [9.17, 15) is 0 Å². The lowest BCUT2D eigenvalue weighted by Crippen LogP contribution is -1.88. The maximum Gasteiger partial charge on any atom is 0.0810 e. The van der Waals surface area contributed by atoms with Gasteiger partial charge < -0.3 is 4.74 Å². The van der Waals surface area contributed by atoms with E-state index < -0.39 is 0 Å². The summed E-state index contributed by atoms with van der Waals surface area (Å²) in [5, 5.41) is 0. The summed E-state index contributed by atoms with van der Waals surface area (Å²) in [6.07, 6.45) is 5.68. The number of rotatable bonds is 5. The van der Waals surface area contributed by atoms with Gasteiger partial charge in [0.05, 0.1) is 12.7 Å². The molecule has 0 unspecified atom stereocenters. The van der Waals surface area contributed by atoms with Gasteiger partial charge in [-0.1, -0.05) is 36.8 Å². The van der Waals surface area contributed by atoms with E-state index in [4.69, 9.17) is 4.74 Å². The van der Waals surface area contributed by atoms with Gasteiger partial charge >= 0.3 is 0 Å². The molecule has 0 saturated carbocycles. The normalized spacial score (nSPS) is 20.2. The van der Waals surface area contributed by atoms with Gasteiger partial charge in [-0.3, -0.25) is 0 Å². The third-order valence-corrected chi connectivity index (χ3v) is 2.49. The van der Waals surface area contributed by atoms with Crippen molar-refractivity contribution in [3.05, 3.63) is 35.9 Å². The number of aryl methyl sites for hydroxylation is 1. The van der Waals surface area contributed by atoms with Crippen molar-refractivity contribution >= 4 is 0 Å². The van der Waals surface area contributed by atoms with Gasteiger partial charge in [0.15, 0.2) is 0 Å². The van der Waals surface area contributed by atoms with Crippen LogP contribution in [0.15, 0.2) is 30.3 Å². The highest BCUT2D eigenvalue weighted by Crippen LogP contribution is 2.17. The molecule has 1 aromatic rings. The van der Waals surface area contributed by atoms with Crippen molar-refractivity contribution in [3.8, 4) is 0 Å². The molecular formula is C12H16O. The molecule has 0 aromatic heterocycles. The molecular weight excluding hydrogens is 160 g/mol. The molecule has 0 aliphatic carbocycles. The summed E-state index contributed by atoms with van der Waals surface area (Å²) < 4.78 is 5.16. The van der Waals surface area contributed by atoms with Gasteiger partial charge in [0, 0.05) is 0 Å². The number of hydrogen-bond acceptors (Lipinski definition) is 1. The highest BCUT2D eigenvalue weighted by Gasteiger charge is 2.20. The average molecular weight is 176 g/mol. The Hall–Kier alpha value is -0.820. The molecule has 1 atom stereocenters. The Morgan fingerprint density at radius 3 is 2.62 bits per heavy atom. The molecule has 1 heterocycles. The Morgan fingerprint density at radius 1 is 1.15 bits per heavy atom. The van der Waals surface area contributed by atoms with Crippen molar-refractivity contribution in [2.75, 3.05) is 6.61 Å². The summed E-state index contributed by atoms with van der Waals surface area (Å²) >= 11 is 0. The summed E-state index contributed by atoms with van der Waals surface area (Å²) in [5.41, 5.74) is 1.46. The van der Waals surface area contributed by atoms with Crippen LogP contribution in [0.5, 0.6) is 0 Å². The Labute approximate surface area is 79.7 Å². The topological polar surface area (TPSA) is 12.5 Å². The van der Waals surface area contributed by atoms with Crippen LogP contribution in [0, 0.1) is 0 Å². The minimum atomic E-state index is 0.607. The van der Waals surface area contributed by atoms with Crippen molar-refractivity contribution in [3.63, 3.8) is 0 Å². The number of hydrogen-bond donors (Lipinski definition) is 0. The average Bonchev–Trinajstić information content (AvgIpc) is 2.98. The summed E-state index contributed by atoms with van der Waals surface area (Å²) in [6, 6.07) is 10.7. The van der Waals surface area contributed by atoms with E-state index in [1.165, 1.54) is 31.2 Å². The second-order valence-corrected chi connectivity index (χ2v) is 3.69. The van der Waals surface area contributed by atoms with Gasteiger partial charge in [0.2, 0.25) is 0 Å². The van der Waals surface area contributed by atoms with Gasteiger partial charge in [-0.05, 0) is 24.8 Å². The molecule has 1 aromatic carbocycles. The van der Waals surface area contributed by atoms with Gasteiger partial charge in [0.25, 0.3) is 0 Å². The standard InChI is InChI=1S/C12H16O/c1-2-6-11(7-3-1)8-4-5-9-12-10-13-12/h1-3,6-7,12H,4-5,8-10H2/t12-/m1/s1. The summed E-state index contributed by atoms with van der Waals surface area (Å²) in [5.74, 6) is 0. The lowest BCUT2D eigenvalue weighted by atomic mass is 10.1. The molecule has 0 amide bonds. The van der Waals surface area contributed by atoms with Gasteiger partial charge in [0.1, 0.15) is 0 Å². The van der Waals surface area contributed by atoms with Crippen LogP contribution < -0.4 is 0 Å². The molecule has 1 fully saturated rings. The van der Waals surface area contributed by atoms with Gasteiger partial charge in [-0.15, -0.1) is 0 Å². The number of unbranched alkanes of at least 4 members (excludes halogenated alkanes) is 1. The second-order valence-electron chi connectivity index (χ2n) is 3.69. The Kier molecular flexibility index (Phi) is 2.98. The predicted octanol–water partition coefficient (Wildman–Crippen LogP) is 2.80. The minimum absolute atomic E-state index is 0.607. The van der Waals surface area contributed by atoms with E-state index in [1.807, 2.05) is 0 Å². The summed E-state index contributed by atoms with van der Waals surface area (Å²) in [4.78, 5) is 0. The fourth-order valence-electron chi connectivity index (χ4n) is 1.58. The van der Waals surface area contributed by atoms with Crippen LogP contribution in [0.1, 0.15) is 24.8 Å². The van der Waals surface area contributed by atoms with Gasteiger partial charge in [-0.25, -0.2) is 0 Å². The molecule has 2 rings (SSSR count). The first-order valence-corrected chi connectivity index (χ1v) is 5.11. The Bertz CT molecular complexity index is 239. The van der Waals surface area contributed by atoms with Crippen molar-refractivity contribution in [2.24, 2.45) is 0 Å². The first kappa shape index (κ1) is 8.76. The fourth-order valence-corrected chi connectivity index (χ4v) is 1.58. The Morgan fingerprint density at radius 2 is 1.92 bits per heavy atom. The van der Waals surface area contributed by atoms with E-state index in [0.29, 0.717) is 6.10 Å². The van der Waals surface area contributed by atoms with Crippen molar-refractivity contribution in [2.45, 2.75) is 31.8 Å². The molecule has 1 aliphatic rings. The van der Waals surface area contributed by atoms with E-state index in [0.717, 1.165) is 6.61 Å². The molecule has 13 heavy (non-hydrogen) atoms. The molecule has 0 bridgehead atoms. The van der Waals surface area contributed by atoms with Crippen LogP contribution in [0.2, 0.25) is 0 Å². The summed E-state index contributed by atoms with van der Waals surface area (Å²) in [6.45, 7) is 1.01. The molecule has 1 nitrogen and oxygen atoms in total. The maximum absolute atomic E-state index is 5.16. The maximum atomic E-state index is 5.16. The van der Waals surface area contributed by atoms with Crippen LogP contribution >= 0.6 is 0 Å². The van der Waals surface area contributed by atoms with E-state index >= 15 is 0 Å². The molecule has 1 heteroatoms. The molecule has 0 spiro atoms. The van der Waals surface area contributed by atoms with E-state index in [2.05, 4.69) is 30.3 Å². The number of benzene rings is 1. The quantitative estimate of drug-likeness (QED) is 0.496. The highest BCUT2D eigenvalue weighted by molar-refractivity contribution is 5.14. The largest absolute Gasteiger partial charge is 0.373 e. The number of epoxide rings is 1. The van der Waals surface area contributed by atoms with Crippen molar-refractivity contribution < 1.29 is 4.74 Å². The molecule has 1 aliphatic heterocycles. The molecule has 0 N–H and O–H groups in total. The minimum Gasteiger partial charge on any atom is -0.373 e. The predicted molar refractivity (Wildman–Crippen MR) is 53.7 cm³/mol. The smallest absolute Gasteiger partial charge is 0.0810 e. The van der Waals surface area contributed by atoms with E-state index in [1.54, 1.807) is 0 Å². The zero-order chi connectivity index (χ0) is 8.93. The zero-order valence-corrected chi connectivity index (χ0v) is 7.91. The van der Waals surface area contributed by atoms with Crippen molar-refractivity contribution in [1.29, 1.82) is 0 Å². The molecule has 70 valence electrons. The lowest BCUT2D eigenvalue weighted by Gasteiger charge is -1.99. The van der Waals surface area contributed by atoms with Crippen LogP contribution in [0.25, 0.3) is 0 Å².